The van der Waals surface area contributed by atoms with Crippen molar-refractivity contribution >= 4 is 12.0 Å². The normalized spacial score (nSPS) is 12.1. The first kappa shape index (κ1) is 13.8. The number of nitrogens with zero attached hydrogens (tertiary/aromatic N) is 1. The topological polar surface area (TPSA) is 52.9 Å². The third-order valence-corrected chi connectivity index (χ3v) is 2.28. The third-order valence-electron chi connectivity index (χ3n) is 2.28. The SMILES string of the molecule is CC[C@@H](C#N)NC(=O)/C=C/c1c(F)cccc1F. The molecule has 1 N–H and O–H groups in total. The summed E-state index contributed by atoms with van der Waals surface area (Å²) >= 11 is 0. The Labute approximate surface area is 104 Å². The van der Waals surface area contributed by atoms with Gasteiger partial charge >= 0.3 is 0 Å². The van der Waals surface area contributed by atoms with Gasteiger partial charge in [-0.15, -0.1) is 0 Å². The zero-order valence-electron chi connectivity index (χ0n) is 9.78. The molecule has 1 rings (SSSR count). The summed E-state index contributed by atoms with van der Waals surface area (Å²) in [4.78, 5) is 11.4. The van der Waals surface area contributed by atoms with Crippen LogP contribution in [0.3, 0.4) is 0 Å². The zero-order valence-corrected chi connectivity index (χ0v) is 9.78. The van der Waals surface area contributed by atoms with Crippen LogP contribution in [-0.4, -0.2) is 11.9 Å². The van der Waals surface area contributed by atoms with Crippen LogP contribution in [0.15, 0.2) is 24.3 Å². The molecule has 0 unspecified atom stereocenters. The maximum atomic E-state index is 13.2. The van der Waals surface area contributed by atoms with Gasteiger partial charge < -0.3 is 5.32 Å². The van der Waals surface area contributed by atoms with Crippen LogP contribution in [0.4, 0.5) is 8.78 Å². The molecule has 0 aromatic heterocycles. The fourth-order valence-corrected chi connectivity index (χ4v) is 1.27. The number of carbonyl (C=O) groups excluding carboxylic acids is 1. The van der Waals surface area contributed by atoms with Crippen molar-refractivity contribution in [2.24, 2.45) is 0 Å². The molecule has 0 radical (unpaired) electrons. The molecule has 1 amide bonds. The third kappa shape index (κ3) is 3.67. The van der Waals surface area contributed by atoms with E-state index >= 15 is 0 Å². The quantitative estimate of drug-likeness (QED) is 0.834. The predicted molar refractivity (Wildman–Crippen MR) is 63.2 cm³/mol. The van der Waals surface area contributed by atoms with Crippen molar-refractivity contribution in [3.63, 3.8) is 0 Å². The highest BCUT2D eigenvalue weighted by Crippen LogP contribution is 2.13. The highest BCUT2D eigenvalue weighted by Gasteiger charge is 2.08. The average molecular weight is 250 g/mol. The van der Waals surface area contributed by atoms with Crippen molar-refractivity contribution < 1.29 is 13.6 Å². The number of benzene rings is 1. The molecular weight excluding hydrogens is 238 g/mol. The summed E-state index contributed by atoms with van der Waals surface area (Å²) in [6.45, 7) is 1.74. The molecule has 3 nitrogen and oxygen atoms in total. The van der Waals surface area contributed by atoms with Crippen molar-refractivity contribution in [2.75, 3.05) is 0 Å². The van der Waals surface area contributed by atoms with Crippen LogP contribution in [0, 0.1) is 23.0 Å². The van der Waals surface area contributed by atoms with Crippen molar-refractivity contribution in [2.45, 2.75) is 19.4 Å². The number of rotatable bonds is 4. The van der Waals surface area contributed by atoms with Crippen molar-refractivity contribution in [3.8, 4) is 6.07 Å². The molecule has 0 fully saturated rings. The Kier molecular flexibility index (Phi) is 5.00. The van der Waals surface area contributed by atoms with Gasteiger partial charge in [0.25, 0.3) is 0 Å². The highest BCUT2D eigenvalue weighted by molar-refractivity contribution is 5.92. The van der Waals surface area contributed by atoms with Gasteiger partial charge in [-0.05, 0) is 24.6 Å². The number of amides is 1. The number of hydrogen-bond donors (Lipinski definition) is 1. The van der Waals surface area contributed by atoms with E-state index in [1.54, 1.807) is 6.92 Å². The van der Waals surface area contributed by atoms with Gasteiger partial charge in [0, 0.05) is 11.6 Å². The lowest BCUT2D eigenvalue weighted by Crippen LogP contribution is -2.31. The molecule has 0 spiro atoms. The molecule has 0 saturated carbocycles. The van der Waals surface area contributed by atoms with Crippen LogP contribution in [-0.2, 0) is 4.79 Å². The van der Waals surface area contributed by atoms with Crippen molar-refractivity contribution in [1.29, 1.82) is 5.26 Å². The molecule has 1 aromatic rings. The average Bonchev–Trinajstić information content (AvgIpc) is 2.35. The minimum atomic E-state index is -0.744. The standard InChI is InChI=1S/C13H12F2N2O/c1-2-9(8-16)17-13(18)7-6-10-11(14)4-3-5-12(10)15/h3-7,9H,2H2,1H3,(H,17,18)/b7-6+/t9-/m0/s1. The fourth-order valence-electron chi connectivity index (χ4n) is 1.27. The summed E-state index contributed by atoms with van der Waals surface area (Å²) in [5.41, 5.74) is -0.280. The fraction of sp³-hybridized carbons (Fsp3) is 0.231. The number of carbonyl (C=O) groups is 1. The number of hydrogen-bond acceptors (Lipinski definition) is 2. The first-order chi connectivity index (χ1) is 8.58. The van der Waals surface area contributed by atoms with Gasteiger partial charge in [-0.1, -0.05) is 13.0 Å². The molecule has 18 heavy (non-hydrogen) atoms. The second-order valence-electron chi connectivity index (χ2n) is 3.57. The van der Waals surface area contributed by atoms with E-state index in [4.69, 9.17) is 5.26 Å². The summed E-state index contributed by atoms with van der Waals surface area (Å²) in [6.07, 6.45) is 2.51. The molecular formula is C13H12F2N2O. The van der Waals surface area contributed by atoms with Gasteiger partial charge in [-0.2, -0.15) is 5.26 Å². The van der Waals surface area contributed by atoms with Crippen LogP contribution in [0.2, 0.25) is 0 Å². The maximum Gasteiger partial charge on any atom is 0.245 e. The van der Waals surface area contributed by atoms with Crippen LogP contribution in [0.5, 0.6) is 0 Å². The Morgan fingerprint density at radius 2 is 2.11 bits per heavy atom. The van der Waals surface area contributed by atoms with E-state index in [2.05, 4.69) is 5.32 Å². The summed E-state index contributed by atoms with van der Waals surface area (Å²) < 4.78 is 26.4. The molecule has 0 aliphatic carbocycles. The Hall–Kier alpha value is -2.22. The number of halogens is 2. The lowest BCUT2D eigenvalue weighted by atomic mass is 10.2. The van der Waals surface area contributed by atoms with Gasteiger partial charge in [0.1, 0.15) is 17.7 Å². The van der Waals surface area contributed by atoms with E-state index in [0.29, 0.717) is 6.42 Å². The van der Waals surface area contributed by atoms with E-state index in [1.807, 2.05) is 6.07 Å². The van der Waals surface area contributed by atoms with Crippen LogP contribution >= 0.6 is 0 Å². The smallest absolute Gasteiger partial charge is 0.245 e. The van der Waals surface area contributed by atoms with Gasteiger partial charge in [0.05, 0.1) is 6.07 Å². The minimum Gasteiger partial charge on any atom is -0.337 e. The number of nitrogens with one attached hydrogen (secondary N) is 1. The van der Waals surface area contributed by atoms with E-state index in [0.717, 1.165) is 24.3 Å². The van der Waals surface area contributed by atoms with E-state index in [1.165, 1.54) is 6.07 Å². The Morgan fingerprint density at radius 1 is 1.50 bits per heavy atom. The monoisotopic (exact) mass is 250 g/mol. The Morgan fingerprint density at radius 3 is 2.61 bits per heavy atom. The Bertz CT molecular complexity index is 486. The second kappa shape index (κ2) is 6.50. The summed E-state index contributed by atoms with van der Waals surface area (Å²) in [6, 6.07) is 4.73. The molecule has 0 heterocycles. The van der Waals surface area contributed by atoms with Crippen molar-refractivity contribution in [1.82, 2.24) is 5.32 Å². The van der Waals surface area contributed by atoms with E-state index in [-0.39, 0.29) is 5.56 Å². The van der Waals surface area contributed by atoms with Crippen molar-refractivity contribution in [3.05, 3.63) is 41.5 Å². The zero-order chi connectivity index (χ0) is 13.5. The summed E-state index contributed by atoms with van der Waals surface area (Å²) in [5.74, 6) is -2.05. The molecule has 0 bridgehead atoms. The molecule has 0 aliphatic rings. The lowest BCUT2D eigenvalue weighted by Gasteiger charge is -2.05. The highest BCUT2D eigenvalue weighted by atomic mass is 19.1. The van der Waals surface area contributed by atoms with Gasteiger partial charge in [-0.25, -0.2) is 8.78 Å². The lowest BCUT2D eigenvalue weighted by molar-refractivity contribution is -0.116. The second-order valence-corrected chi connectivity index (χ2v) is 3.57. The largest absolute Gasteiger partial charge is 0.337 e. The first-order valence-electron chi connectivity index (χ1n) is 5.40. The Balaban J connectivity index is 2.76. The first-order valence-corrected chi connectivity index (χ1v) is 5.40. The molecule has 0 saturated heterocycles. The van der Waals surface area contributed by atoms with Crippen LogP contribution < -0.4 is 5.32 Å². The minimum absolute atomic E-state index is 0.280. The molecule has 94 valence electrons. The maximum absolute atomic E-state index is 13.2. The predicted octanol–water partition coefficient (Wildman–Crippen LogP) is 2.40. The van der Waals surface area contributed by atoms with E-state index < -0.39 is 23.6 Å². The van der Waals surface area contributed by atoms with Gasteiger partial charge in [-0.3, -0.25) is 4.79 Å². The summed E-state index contributed by atoms with van der Waals surface area (Å²) in [5, 5.41) is 11.0. The molecule has 1 atom stereocenters. The van der Waals surface area contributed by atoms with Gasteiger partial charge in [0.2, 0.25) is 5.91 Å². The van der Waals surface area contributed by atoms with E-state index in [9.17, 15) is 13.6 Å². The summed E-state index contributed by atoms with van der Waals surface area (Å²) in [7, 11) is 0. The number of nitriles is 1. The van der Waals surface area contributed by atoms with Crippen LogP contribution in [0.25, 0.3) is 6.08 Å². The van der Waals surface area contributed by atoms with Gasteiger partial charge in [0.15, 0.2) is 0 Å². The molecule has 1 aromatic carbocycles. The molecule has 5 heteroatoms. The van der Waals surface area contributed by atoms with Crippen LogP contribution in [0.1, 0.15) is 18.9 Å². The molecule has 0 aliphatic heterocycles.